The molecule has 30 heavy (non-hydrogen) atoms. The van der Waals surface area contributed by atoms with Crippen LogP contribution in [0, 0.1) is 0 Å². The minimum Gasteiger partial charge on any atom is -0.493 e. The highest BCUT2D eigenvalue weighted by molar-refractivity contribution is 8.00. The van der Waals surface area contributed by atoms with E-state index in [4.69, 9.17) is 9.47 Å². The van der Waals surface area contributed by atoms with E-state index < -0.39 is 0 Å². The molecule has 1 amide bonds. The molecular formula is C22H24N2O4S2. The van der Waals surface area contributed by atoms with E-state index in [0.29, 0.717) is 35.1 Å². The van der Waals surface area contributed by atoms with Crippen LogP contribution in [0.5, 0.6) is 5.75 Å². The van der Waals surface area contributed by atoms with Gasteiger partial charge in [0.25, 0.3) is 0 Å². The van der Waals surface area contributed by atoms with Crippen molar-refractivity contribution in [2.75, 3.05) is 47.4 Å². The highest BCUT2D eigenvalue weighted by Crippen LogP contribution is 2.30. The maximum absolute atomic E-state index is 12.4. The number of rotatable bonds is 10. The van der Waals surface area contributed by atoms with Crippen LogP contribution in [0.2, 0.25) is 0 Å². The number of carbonyl (C=O) groups is 2. The molecule has 0 saturated heterocycles. The molecule has 0 unspecified atom stereocenters. The van der Waals surface area contributed by atoms with Crippen molar-refractivity contribution in [2.24, 2.45) is 0 Å². The van der Waals surface area contributed by atoms with E-state index in [-0.39, 0.29) is 11.9 Å². The van der Waals surface area contributed by atoms with Crippen molar-refractivity contribution in [1.82, 2.24) is 0 Å². The highest BCUT2D eigenvalue weighted by Gasteiger charge is 2.22. The van der Waals surface area contributed by atoms with Gasteiger partial charge in [-0.25, -0.2) is 4.79 Å². The molecule has 0 saturated carbocycles. The Kier molecular flexibility index (Phi) is 8.53. The third kappa shape index (κ3) is 6.47. The average Bonchev–Trinajstić information content (AvgIpc) is 3.23. The number of thioether (sulfide) groups is 2. The molecule has 2 aromatic rings. The lowest BCUT2D eigenvalue weighted by Crippen LogP contribution is -2.17. The van der Waals surface area contributed by atoms with Crippen molar-refractivity contribution in [3.63, 3.8) is 0 Å². The summed E-state index contributed by atoms with van der Waals surface area (Å²) in [6.07, 6.45) is 0. The first-order chi connectivity index (χ1) is 14.7. The Morgan fingerprint density at radius 1 is 1.03 bits per heavy atom. The van der Waals surface area contributed by atoms with Crippen molar-refractivity contribution in [2.45, 2.75) is 0 Å². The van der Waals surface area contributed by atoms with Crippen molar-refractivity contribution in [3.05, 3.63) is 65.9 Å². The Morgan fingerprint density at radius 2 is 1.77 bits per heavy atom. The largest absolute Gasteiger partial charge is 0.493 e. The first-order valence-electron chi connectivity index (χ1n) is 9.47. The van der Waals surface area contributed by atoms with Crippen molar-refractivity contribution in [3.8, 4) is 5.75 Å². The van der Waals surface area contributed by atoms with E-state index >= 15 is 0 Å². The van der Waals surface area contributed by atoms with Crippen LogP contribution in [0.1, 0.15) is 0 Å². The fourth-order valence-electron chi connectivity index (χ4n) is 2.80. The summed E-state index contributed by atoms with van der Waals surface area (Å²) in [6.45, 7) is 0.544. The second kappa shape index (κ2) is 11.6. The first-order valence-corrected chi connectivity index (χ1v) is 11.8. The third-order valence-corrected chi connectivity index (χ3v) is 6.16. The molecule has 1 heterocycles. The number of amides is 1. The van der Waals surface area contributed by atoms with Crippen LogP contribution >= 0.6 is 23.5 Å². The number of esters is 1. The number of nitrogens with one attached hydrogen (secondary N) is 2. The average molecular weight is 445 g/mol. The predicted molar refractivity (Wildman–Crippen MR) is 124 cm³/mol. The van der Waals surface area contributed by atoms with Gasteiger partial charge < -0.3 is 20.1 Å². The van der Waals surface area contributed by atoms with Gasteiger partial charge in [-0.15, -0.1) is 11.8 Å². The summed E-state index contributed by atoms with van der Waals surface area (Å²) in [5.74, 6) is 2.78. The Morgan fingerprint density at radius 3 is 2.53 bits per heavy atom. The minimum absolute atomic E-state index is 0.0862. The fraction of sp³-hybridized carbons (Fsp3) is 0.273. The van der Waals surface area contributed by atoms with Gasteiger partial charge in [0, 0.05) is 23.0 Å². The summed E-state index contributed by atoms with van der Waals surface area (Å²) < 4.78 is 10.5. The number of carbonyl (C=O) groups excluding carboxylic acids is 2. The molecule has 0 aliphatic carbocycles. The van der Waals surface area contributed by atoms with E-state index in [1.807, 2.05) is 54.6 Å². The molecule has 0 spiro atoms. The van der Waals surface area contributed by atoms with Crippen LogP contribution in [0.15, 0.2) is 65.9 Å². The number of benzene rings is 2. The van der Waals surface area contributed by atoms with Gasteiger partial charge in [-0.05, 0) is 24.3 Å². The van der Waals surface area contributed by atoms with Gasteiger partial charge in [0.15, 0.2) is 0 Å². The van der Waals surface area contributed by atoms with Crippen molar-refractivity contribution < 1.29 is 19.1 Å². The topological polar surface area (TPSA) is 76.7 Å². The molecule has 1 aliphatic rings. The Bertz CT molecular complexity index is 903. The van der Waals surface area contributed by atoms with Crippen LogP contribution in [0.25, 0.3) is 0 Å². The summed E-state index contributed by atoms with van der Waals surface area (Å²) in [5, 5.41) is 6.23. The van der Waals surface area contributed by atoms with E-state index in [1.165, 1.54) is 18.9 Å². The molecule has 1 aliphatic heterocycles. The van der Waals surface area contributed by atoms with Gasteiger partial charge in [-0.3, -0.25) is 4.79 Å². The lowest BCUT2D eigenvalue weighted by Gasteiger charge is -2.14. The number of methoxy groups -OCH3 is 1. The molecule has 2 N–H and O–H groups in total. The molecule has 0 aromatic heterocycles. The maximum atomic E-state index is 12.4. The van der Waals surface area contributed by atoms with E-state index in [1.54, 1.807) is 11.8 Å². The summed E-state index contributed by atoms with van der Waals surface area (Å²) in [4.78, 5) is 24.3. The Labute approximate surface area is 184 Å². The fourth-order valence-corrected chi connectivity index (χ4v) is 4.45. The van der Waals surface area contributed by atoms with Gasteiger partial charge in [0.1, 0.15) is 5.75 Å². The van der Waals surface area contributed by atoms with Crippen LogP contribution in [-0.2, 0) is 14.3 Å². The minimum atomic E-state index is -0.321. The number of hydrogen-bond acceptors (Lipinski definition) is 7. The van der Waals surface area contributed by atoms with Gasteiger partial charge >= 0.3 is 5.97 Å². The summed E-state index contributed by atoms with van der Waals surface area (Å²) in [5.41, 5.74) is 2.89. The molecule has 0 fully saturated rings. The number of ether oxygens (including phenoxy) is 2. The lowest BCUT2D eigenvalue weighted by molar-refractivity contribution is -0.136. The van der Waals surface area contributed by atoms with Crippen LogP contribution < -0.4 is 15.4 Å². The number of anilines is 2. The smallest absolute Gasteiger partial charge is 0.336 e. The second-order valence-electron chi connectivity index (χ2n) is 6.37. The van der Waals surface area contributed by atoms with Crippen molar-refractivity contribution in [1.29, 1.82) is 0 Å². The van der Waals surface area contributed by atoms with Crippen LogP contribution in [0.3, 0.4) is 0 Å². The number of hydrogen-bond donors (Lipinski definition) is 2. The van der Waals surface area contributed by atoms with E-state index in [0.717, 1.165) is 22.9 Å². The monoisotopic (exact) mass is 444 g/mol. The normalized spacial score (nSPS) is 13.1. The zero-order valence-electron chi connectivity index (χ0n) is 16.7. The van der Waals surface area contributed by atoms with Gasteiger partial charge in [-0.1, -0.05) is 30.3 Å². The predicted octanol–water partition coefficient (Wildman–Crippen LogP) is 4.02. The molecule has 158 valence electrons. The quantitative estimate of drug-likeness (QED) is 0.423. The van der Waals surface area contributed by atoms with E-state index in [9.17, 15) is 9.59 Å². The van der Waals surface area contributed by atoms with Crippen LogP contribution in [0.4, 0.5) is 11.4 Å². The lowest BCUT2D eigenvalue weighted by atomic mass is 10.2. The van der Waals surface area contributed by atoms with Crippen LogP contribution in [-0.4, -0.2) is 48.6 Å². The summed E-state index contributed by atoms with van der Waals surface area (Å²) in [6, 6.07) is 17.1. The second-order valence-corrected chi connectivity index (χ2v) is 8.47. The van der Waals surface area contributed by atoms with Crippen molar-refractivity contribution >= 4 is 46.8 Å². The zero-order chi connectivity index (χ0) is 21.2. The highest BCUT2D eigenvalue weighted by atomic mass is 32.2. The molecule has 6 nitrogen and oxygen atoms in total. The van der Waals surface area contributed by atoms with Gasteiger partial charge in [-0.2, -0.15) is 11.8 Å². The SMILES string of the molecule is COC(=O)C1=C(Nc2ccccc2NC(=O)CSCCOc2ccccc2)CSC1. The zero-order valence-corrected chi connectivity index (χ0v) is 18.3. The molecule has 0 radical (unpaired) electrons. The standard InChI is InChI=1S/C22H24N2O4S2/c1-27-22(26)17-13-30-14-20(17)23-18-9-5-6-10-19(18)24-21(25)15-29-12-11-28-16-7-3-2-4-8-16/h2-10,23H,11-15H2,1H3,(H,24,25). The van der Waals surface area contributed by atoms with Gasteiger partial charge in [0.2, 0.25) is 5.91 Å². The summed E-state index contributed by atoms with van der Waals surface area (Å²) in [7, 11) is 1.38. The molecule has 2 aromatic carbocycles. The first kappa shape index (κ1) is 22.1. The molecule has 0 atom stereocenters. The Balaban J connectivity index is 1.49. The molecular weight excluding hydrogens is 420 g/mol. The number of para-hydroxylation sites is 3. The van der Waals surface area contributed by atoms with Gasteiger partial charge in [0.05, 0.1) is 36.4 Å². The molecule has 3 rings (SSSR count). The third-order valence-electron chi connectivity index (χ3n) is 4.25. The summed E-state index contributed by atoms with van der Waals surface area (Å²) >= 11 is 3.16. The Hall–Kier alpha value is -2.58. The van der Waals surface area contributed by atoms with E-state index in [2.05, 4.69) is 10.6 Å². The maximum Gasteiger partial charge on any atom is 0.336 e. The molecule has 8 heteroatoms. The molecule has 0 bridgehead atoms.